The van der Waals surface area contributed by atoms with E-state index in [-0.39, 0.29) is 0 Å². The van der Waals surface area contributed by atoms with E-state index < -0.39 is 11.4 Å². The van der Waals surface area contributed by atoms with Gasteiger partial charge >= 0.3 is 5.97 Å². The third-order valence-electron chi connectivity index (χ3n) is 2.56. The van der Waals surface area contributed by atoms with Crippen LogP contribution in [-0.4, -0.2) is 23.7 Å². The van der Waals surface area contributed by atoms with Crippen LogP contribution in [0.15, 0.2) is 17.5 Å². The lowest BCUT2D eigenvalue weighted by Gasteiger charge is -2.22. The Bertz CT molecular complexity index is 333. The predicted molar refractivity (Wildman–Crippen MR) is 66.9 cm³/mol. The molecule has 0 fully saturated rings. The van der Waals surface area contributed by atoms with E-state index >= 15 is 0 Å². The van der Waals surface area contributed by atoms with E-state index in [1.807, 2.05) is 6.07 Å². The van der Waals surface area contributed by atoms with Crippen LogP contribution in [0.25, 0.3) is 0 Å². The summed E-state index contributed by atoms with van der Waals surface area (Å²) in [5.74, 6) is -0.761. The molecule has 2 N–H and O–H groups in total. The van der Waals surface area contributed by atoms with Gasteiger partial charge in [0.05, 0.1) is 5.41 Å². The topological polar surface area (TPSA) is 49.3 Å². The van der Waals surface area contributed by atoms with Crippen LogP contribution in [0.2, 0.25) is 0 Å². The van der Waals surface area contributed by atoms with Crippen LogP contribution in [0.4, 0.5) is 0 Å². The van der Waals surface area contributed by atoms with Crippen LogP contribution in [0.3, 0.4) is 0 Å². The van der Waals surface area contributed by atoms with E-state index in [2.05, 4.69) is 23.7 Å². The van der Waals surface area contributed by atoms with Crippen LogP contribution >= 0.6 is 11.3 Å². The maximum atomic E-state index is 10.9. The number of carboxylic acid groups (broad SMARTS) is 1. The summed E-state index contributed by atoms with van der Waals surface area (Å²) in [5, 5.41) is 14.3. The summed E-state index contributed by atoms with van der Waals surface area (Å²) in [6, 6.07) is 4.44. The average Bonchev–Trinajstić information content (AvgIpc) is 2.67. The Labute approximate surface area is 100 Å². The van der Waals surface area contributed by atoms with Gasteiger partial charge in [-0.25, -0.2) is 0 Å². The van der Waals surface area contributed by atoms with Crippen LogP contribution in [0, 0.1) is 5.41 Å². The minimum atomic E-state index is -0.761. The Morgan fingerprint density at radius 1 is 1.62 bits per heavy atom. The van der Waals surface area contributed by atoms with Crippen LogP contribution in [0.1, 0.15) is 25.6 Å². The smallest absolute Gasteiger partial charge is 0.310 e. The Morgan fingerprint density at radius 3 is 2.81 bits per heavy atom. The highest BCUT2D eigenvalue weighted by Crippen LogP contribution is 2.15. The SMILES string of the molecule is CC(Cc1cccs1)NCC(C)(C)C(=O)O. The van der Waals surface area contributed by atoms with Gasteiger partial charge in [-0.05, 0) is 38.6 Å². The average molecular weight is 241 g/mol. The molecule has 0 aliphatic heterocycles. The monoisotopic (exact) mass is 241 g/mol. The Balaban J connectivity index is 2.35. The predicted octanol–water partition coefficient (Wildman–Crippen LogP) is 2.38. The molecule has 0 amide bonds. The molecule has 90 valence electrons. The summed E-state index contributed by atoms with van der Waals surface area (Å²) in [5.41, 5.74) is -0.705. The van der Waals surface area contributed by atoms with Crippen molar-refractivity contribution in [1.29, 1.82) is 0 Å². The van der Waals surface area contributed by atoms with Crippen LogP contribution < -0.4 is 5.32 Å². The Kier molecular flexibility index (Phi) is 4.50. The molecule has 0 saturated heterocycles. The lowest BCUT2D eigenvalue weighted by atomic mass is 9.93. The molecule has 0 spiro atoms. The zero-order valence-electron chi connectivity index (χ0n) is 9.99. The summed E-state index contributed by atoms with van der Waals surface area (Å²) in [7, 11) is 0. The second-order valence-electron chi connectivity index (χ2n) is 4.75. The maximum absolute atomic E-state index is 10.9. The van der Waals surface area contributed by atoms with E-state index in [1.54, 1.807) is 25.2 Å². The molecule has 0 aromatic carbocycles. The normalized spacial score (nSPS) is 13.7. The van der Waals surface area contributed by atoms with E-state index in [4.69, 9.17) is 5.11 Å². The fraction of sp³-hybridized carbons (Fsp3) is 0.583. The molecule has 1 rings (SSSR count). The summed E-state index contributed by atoms with van der Waals surface area (Å²) < 4.78 is 0. The second kappa shape index (κ2) is 5.46. The minimum Gasteiger partial charge on any atom is -0.481 e. The molecular weight excluding hydrogens is 222 g/mol. The van der Waals surface area contributed by atoms with Crippen molar-refractivity contribution < 1.29 is 9.90 Å². The van der Waals surface area contributed by atoms with Crippen molar-refractivity contribution in [2.45, 2.75) is 33.2 Å². The second-order valence-corrected chi connectivity index (χ2v) is 5.79. The highest BCUT2D eigenvalue weighted by Gasteiger charge is 2.27. The molecule has 1 unspecified atom stereocenters. The van der Waals surface area contributed by atoms with Crippen molar-refractivity contribution in [3.05, 3.63) is 22.4 Å². The third kappa shape index (κ3) is 3.94. The van der Waals surface area contributed by atoms with Crippen molar-refractivity contribution in [1.82, 2.24) is 5.32 Å². The third-order valence-corrected chi connectivity index (χ3v) is 3.46. The number of hydrogen-bond donors (Lipinski definition) is 2. The van der Waals surface area contributed by atoms with Crippen molar-refractivity contribution in [2.24, 2.45) is 5.41 Å². The van der Waals surface area contributed by atoms with Gasteiger partial charge in [-0.2, -0.15) is 0 Å². The van der Waals surface area contributed by atoms with Crippen molar-refractivity contribution >= 4 is 17.3 Å². The minimum absolute atomic E-state index is 0.303. The van der Waals surface area contributed by atoms with Crippen molar-refractivity contribution in [3.63, 3.8) is 0 Å². The highest BCUT2D eigenvalue weighted by molar-refractivity contribution is 7.09. The molecule has 3 nitrogen and oxygen atoms in total. The maximum Gasteiger partial charge on any atom is 0.310 e. The molecule has 0 aliphatic rings. The molecule has 0 aliphatic carbocycles. The quantitative estimate of drug-likeness (QED) is 0.804. The van der Waals surface area contributed by atoms with Crippen LogP contribution in [0.5, 0.6) is 0 Å². The summed E-state index contributed by atoms with van der Waals surface area (Å²) in [4.78, 5) is 12.2. The number of aliphatic carboxylic acids is 1. The molecule has 16 heavy (non-hydrogen) atoms. The van der Waals surface area contributed by atoms with Gasteiger partial charge in [0, 0.05) is 17.5 Å². The van der Waals surface area contributed by atoms with E-state index in [0.29, 0.717) is 12.6 Å². The Morgan fingerprint density at radius 2 is 2.31 bits per heavy atom. The van der Waals surface area contributed by atoms with Crippen molar-refractivity contribution in [3.8, 4) is 0 Å². The molecule has 0 saturated carbocycles. The van der Waals surface area contributed by atoms with Gasteiger partial charge in [-0.15, -0.1) is 11.3 Å². The largest absolute Gasteiger partial charge is 0.481 e. The van der Waals surface area contributed by atoms with Crippen molar-refractivity contribution in [2.75, 3.05) is 6.54 Å². The molecule has 1 heterocycles. The van der Waals surface area contributed by atoms with E-state index in [9.17, 15) is 4.79 Å². The van der Waals surface area contributed by atoms with Gasteiger partial charge in [-0.3, -0.25) is 4.79 Å². The molecule has 1 aromatic heterocycles. The number of hydrogen-bond acceptors (Lipinski definition) is 3. The standard InChI is InChI=1S/C12H19NO2S/c1-9(7-10-5-4-6-16-10)13-8-12(2,3)11(14)15/h4-6,9,13H,7-8H2,1-3H3,(H,14,15). The molecule has 1 aromatic rings. The van der Waals surface area contributed by atoms with E-state index in [0.717, 1.165) is 6.42 Å². The van der Waals surface area contributed by atoms with Gasteiger partial charge < -0.3 is 10.4 Å². The summed E-state index contributed by atoms with van der Waals surface area (Å²) in [6.45, 7) is 6.05. The van der Waals surface area contributed by atoms with Gasteiger partial charge in [0.1, 0.15) is 0 Å². The zero-order valence-corrected chi connectivity index (χ0v) is 10.8. The number of nitrogens with one attached hydrogen (secondary N) is 1. The zero-order chi connectivity index (χ0) is 12.2. The van der Waals surface area contributed by atoms with Gasteiger partial charge in [0.25, 0.3) is 0 Å². The lowest BCUT2D eigenvalue weighted by Crippen LogP contribution is -2.40. The molecule has 4 heteroatoms. The Hall–Kier alpha value is -0.870. The lowest BCUT2D eigenvalue weighted by molar-refractivity contribution is -0.146. The first kappa shape index (κ1) is 13.2. The highest BCUT2D eigenvalue weighted by atomic mass is 32.1. The number of carbonyl (C=O) groups is 1. The summed E-state index contributed by atoms with van der Waals surface area (Å²) >= 11 is 1.73. The fourth-order valence-electron chi connectivity index (χ4n) is 1.31. The first-order valence-electron chi connectivity index (χ1n) is 5.41. The number of thiophene rings is 1. The van der Waals surface area contributed by atoms with Gasteiger partial charge in [0.15, 0.2) is 0 Å². The number of carboxylic acids is 1. The van der Waals surface area contributed by atoms with E-state index in [1.165, 1.54) is 4.88 Å². The van der Waals surface area contributed by atoms with Crippen LogP contribution in [-0.2, 0) is 11.2 Å². The van der Waals surface area contributed by atoms with Gasteiger partial charge in [-0.1, -0.05) is 6.07 Å². The number of rotatable bonds is 6. The van der Waals surface area contributed by atoms with Gasteiger partial charge in [0.2, 0.25) is 0 Å². The molecule has 0 radical (unpaired) electrons. The molecule has 1 atom stereocenters. The fourth-order valence-corrected chi connectivity index (χ4v) is 2.14. The first-order valence-corrected chi connectivity index (χ1v) is 6.29. The first-order chi connectivity index (χ1) is 7.42. The molecule has 0 bridgehead atoms. The summed E-state index contributed by atoms with van der Waals surface area (Å²) in [6.07, 6.45) is 0.952. The molecular formula is C12H19NO2S.